The minimum atomic E-state index is -3.57. The fourth-order valence-corrected chi connectivity index (χ4v) is 5.53. The molecule has 0 spiro atoms. The molecular formula is C18H20Cl3N3O3S2. The molecule has 11 heteroatoms. The highest BCUT2D eigenvalue weighted by atomic mass is 35.5. The normalized spacial score (nSPS) is 12.8. The topological polar surface area (TPSA) is 79.4 Å². The summed E-state index contributed by atoms with van der Waals surface area (Å²) in [5.41, 5.74) is 0.281. The van der Waals surface area contributed by atoms with E-state index in [4.69, 9.17) is 34.8 Å². The van der Waals surface area contributed by atoms with Crippen LogP contribution in [0.5, 0.6) is 0 Å². The molecule has 0 saturated heterocycles. The number of rotatable bonds is 8. The highest BCUT2D eigenvalue weighted by Gasteiger charge is 2.23. The Bertz CT molecular complexity index is 959. The van der Waals surface area contributed by atoms with Crippen LogP contribution in [0.1, 0.15) is 20.8 Å². The Morgan fingerprint density at radius 1 is 1.17 bits per heavy atom. The summed E-state index contributed by atoms with van der Waals surface area (Å²) in [6, 6.07) is 6.03. The van der Waals surface area contributed by atoms with Crippen molar-refractivity contribution in [1.82, 2.24) is 9.29 Å². The van der Waals surface area contributed by atoms with Crippen molar-refractivity contribution in [3.8, 4) is 0 Å². The molecule has 2 aromatic rings. The van der Waals surface area contributed by atoms with Gasteiger partial charge in [0.25, 0.3) is 0 Å². The lowest BCUT2D eigenvalue weighted by Crippen LogP contribution is -2.30. The van der Waals surface area contributed by atoms with Gasteiger partial charge in [0.15, 0.2) is 0 Å². The Kier molecular flexibility index (Phi) is 8.63. The summed E-state index contributed by atoms with van der Waals surface area (Å²) in [7, 11) is -3.57. The van der Waals surface area contributed by atoms with Crippen molar-refractivity contribution in [3.05, 3.63) is 45.5 Å². The second-order valence-electron chi connectivity index (χ2n) is 5.92. The monoisotopic (exact) mass is 495 g/mol. The van der Waals surface area contributed by atoms with Crippen LogP contribution in [0.15, 0.2) is 40.4 Å². The Labute approximate surface area is 190 Å². The number of pyridine rings is 1. The highest BCUT2D eigenvalue weighted by Crippen LogP contribution is 2.34. The lowest BCUT2D eigenvalue weighted by atomic mass is 10.3. The van der Waals surface area contributed by atoms with E-state index < -0.39 is 15.3 Å². The van der Waals surface area contributed by atoms with Gasteiger partial charge in [0.05, 0.1) is 26.0 Å². The lowest BCUT2D eigenvalue weighted by molar-refractivity contribution is -0.115. The van der Waals surface area contributed by atoms with E-state index in [1.54, 1.807) is 26.8 Å². The van der Waals surface area contributed by atoms with Crippen molar-refractivity contribution in [2.45, 2.75) is 35.9 Å². The summed E-state index contributed by atoms with van der Waals surface area (Å²) in [6.45, 7) is 6.00. The molecule has 0 fully saturated rings. The second-order valence-corrected chi connectivity index (χ2v) is 10.5. The van der Waals surface area contributed by atoms with Crippen molar-refractivity contribution in [2.24, 2.45) is 0 Å². The second kappa shape index (κ2) is 10.3. The smallest absolute Gasteiger partial charge is 0.244 e. The number of anilines is 1. The minimum absolute atomic E-state index is 0.113. The Balaban J connectivity index is 2.09. The summed E-state index contributed by atoms with van der Waals surface area (Å²) < 4.78 is 26.4. The van der Waals surface area contributed by atoms with Crippen LogP contribution >= 0.6 is 46.6 Å². The first kappa shape index (κ1) is 24.2. The molecular weight excluding hydrogens is 477 g/mol. The Morgan fingerprint density at radius 2 is 1.76 bits per heavy atom. The first-order chi connectivity index (χ1) is 13.6. The number of aromatic nitrogens is 1. The molecule has 2 rings (SSSR count). The lowest BCUT2D eigenvalue weighted by Gasteiger charge is -2.18. The van der Waals surface area contributed by atoms with E-state index in [0.29, 0.717) is 23.1 Å². The van der Waals surface area contributed by atoms with E-state index in [1.807, 2.05) is 0 Å². The Morgan fingerprint density at radius 3 is 2.24 bits per heavy atom. The fourth-order valence-electron chi connectivity index (χ4n) is 2.42. The van der Waals surface area contributed by atoms with Crippen LogP contribution in [0.4, 0.5) is 5.69 Å². The van der Waals surface area contributed by atoms with Gasteiger partial charge in [-0.05, 0) is 31.2 Å². The first-order valence-electron chi connectivity index (χ1n) is 8.68. The molecule has 0 aliphatic rings. The summed E-state index contributed by atoms with van der Waals surface area (Å²) in [5.74, 6) is -0.331. The number of halogens is 3. The number of hydrogen-bond acceptors (Lipinski definition) is 5. The highest BCUT2D eigenvalue weighted by molar-refractivity contribution is 8.00. The molecule has 0 aliphatic heterocycles. The maximum Gasteiger partial charge on any atom is 0.244 e. The van der Waals surface area contributed by atoms with Gasteiger partial charge >= 0.3 is 0 Å². The van der Waals surface area contributed by atoms with Crippen molar-refractivity contribution >= 4 is 68.2 Å². The molecule has 6 nitrogen and oxygen atoms in total. The standard InChI is InChI=1S/C18H20Cl3N3O3S2/c1-4-24(5-2)29(26,27)13-6-7-16(22-10-13)28-11(3)18(25)23-17-14(20)8-12(19)9-15(17)21/h6-11H,4-5H2,1-3H3,(H,23,25). The molecule has 1 N–H and O–H groups in total. The average molecular weight is 497 g/mol. The van der Waals surface area contributed by atoms with E-state index in [2.05, 4.69) is 10.3 Å². The van der Waals surface area contributed by atoms with Gasteiger partial charge in [-0.3, -0.25) is 4.79 Å². The number of nitrogens with one attached hydrogen (secondary N) is 1. The predicted molar refractivity (Wildman–Crippen MR) is 120 cm³/mol. The molecule has 0 saturated carbocycles. The van der Waals surface area contributed by atoms with Crippen molar-refractivity contribution in [3.63, 3.8) is 0 Å². The molecule has 0 aliphatic carbocycles. The van der Waals surface area contributed by atoms with Crippen LogP contribution < -0.4 is 5.32 Å². The molecule has 158 valence electrons. The van der Waals surface area contributed by atoms with Gasteiger partial charge in [-0.1, -0.05) is 60.4 Å². The third-order valence-corrected chi connectivity index (χ3v) is 7.87. The predicted octanol–water partition coefficient (Wildman–Crippen LogP) is 5.19. The van der Waals surface area contributed by atoms with Crippen molar-refractivity contribution in [2.75, 3.05) is 18.4 Å². The number of amides is 1. The van der Waals surface area contributed by atoms with Crippen molar-refractivity contribution < 1.29 is 13.2 Å². The van der Waals surface area contributed by atoms with E-state index in [9.17, 15) is 13.2 Å². The van der Waals surface area contributed by atoms with Crippen LogP contribution in [0, 0.1) is 0 Å². The quantitative estimate of drug-likeness (QED) is 0.509. The molecule has 0 bridgehead atoms. The average Bonchev–Trinajstić information content (AvgIpc) is 2.65. The maximum atomic E-state index is 12.5. The molecule has 0 radical (unpaired) electrons. The molecule has 1 amide bonds. The third-order valence-electron chi connectivity index (χ3n) is 3.97. The third kappa shape index (κ3) is 5.99. The maximum absolute atomic E-state index is 12.5. The van der Waals surface area contributed by atoms with Crippen LogP contribution in [0.25, 0.3) is 0 Å². The molecule has 1 atom stereocenters. The van der Waals surface area contributed by atoms with Crippen LogP contribution in [-0.2, 0) is 14.8 Å². The molecule has 1 heterocycles. The van der Waals surface area contributed by atoms with Crippen LogP contribution in [0.2, 0.25) is 15.1 Å². The molecule has 1 aromatic carbocycles. The molecule has 1 aromatic heterocycles. The molecule has 1 unspecified atom stereocenters. The summed E-state index contributed by atoms with van der Waals surface area (Å²) in [4.78, 5) is 16.8. The first-order valence-corrected chi connectivity index (χ1v) is 12.1. The van der Waals surface area contributed by atoms with Gasteiger partial charge in [0, 0.05) is 24.3 Å². The van der Waals surface area contributed by atoms with E-state index in [-0.39, 0.29) is 26.5 Å². The van der Waals surface area contributed by atoms with Gasteiger partial charge in [0.2, 0.25) is 15.9 Å². The number of sulfonamides is 1. The van der Waals surface area contributed by atoms with Crippen molar-refractivity contribution in [1.29, 1.82) is 0 Å². The zero-order valence-corrected chi connectivity index (χ0v) is 19.8. The largest absolute Gasteiger partial charge is 0.323 e. The minimum Gasteiger partial charge on any atom is -0.323 e. The van der Waals surface area contributed by atoms with E-state index >= 15 is 0 Å². The zero-order valence-electron chi connectivity index (χ0n) is 15.9. The number of thioether (sulfide) groups is 1. The van der Waals surface area contributed by atoms with Crippen LogP contribution in [0.3, 0.4) is 0 Å². The van der Waals surface area contributed by atoms with Gasteiger partial charge in [-0.2, -0.15) is 4.31 Å². The van der Waals surface area contributed by atoms with E-state index in [1.165, 1.54) is 40.5 Å². The van der Waals surface area contributed by atoms with E-state index in [0.717, 1.165) is 0 Å². The number of hydrogen-bond donors (Lipinski definition) is 1. The van der Waals surface area contributed by atoms with Gasteiger partial charge in [-0.15, -0.1) is 0 Å². The van der Waals surface area contributed by atoms with Gasteiger partial charge in [0.1, 0.15) is 4.90 Å². The number of nitrogens with zero attached hydrogens (tertiary/aromatic N) is 2. The fraction of sp³-hybridized carbons (Fsp3) is 0.333. The van der Waals surface area contributed by atoms with Gasteiger partial charge in [-0.25, -0.2) is 13.4 Å². The van der Waals surface area contributed by atoms with Gasteiger partial charge < -0.3 is 5.32 Å². The number of benzene rings is 1. The SMILES string of the molecule is CCN(CC)S(=O)(=O)c1ccc(SC(C)C(=O)Nc2c(Cl)cc(Cl)cc2Cl)nc1. The van der Waals surface area contributed by atoms with Crippen LogP contribution in [-0.4, -0.2) is 42.0 Å². The summed E-state index contributed by atoms with van der Waals surface area (Å²) >= 11 is 19.2. The summed E-state index contributed by atoms with van der Waals surface area (Å²) in [5, 5.41) is 3.49. The number of carbonyl (C=O) groups excluding carboxylic acids is 1. The zero-order chi connectivity index (χ0) is 21.8. The summed E-state index contributed by atoms with van der Waals surface area (Å²) in [6.07, 6.45) is 1.30. The number of carbonyl (C=O) groups is 1. The Hall–Kier alpha value is -1.03. The molecule has 29 heavy (non-hydrogen) atoms.